The summed E-state index contributed by atoms with van der Waals surface area (Å²) < 4.78 is 7.39. The van der Waals surface area contributed by atoms with Crippen LogP contribution in [0.2, 0.25) is 0 Å². The van der Waals surface area contributed by atoms with E-state index in [4.69, 9.17) is 4.74 Å². The highest BCUT2D eigenvalue weighted by molar-refractivity contribution is 5.81. The minimum Gasteiger partial charge on any atom is -0.381 e. The zero-order chi connectivity index (χ0) is 13.3. The summed E-state index contributed by atoms with van der Waals surface area (Å²) in [6.45, 7) is 4.80. The van der Waals surface area contributed by atoms with E-state index in [1.54, 1.807) is 0 Å². The number of hydrogen-bond donors (Lipinski definition) is 1. The molecule has 3 rings (SSSR count). The molecule has 0 aliphatic carbocycles. The fourth-order valence-corrected chi connectivity index (χ4v) is 2.72. The van der Waals surface area contributed by atoms with Crippen LogP contribution < -0.4 is 5.32 Å². The van der Waals surface area contributed by atoms with Crippen molar-refractivity contribution in [2.45, 2.75) is 31.8 Å². The molecule has 0 radical (unpaired) electrons. The lowest BCUT2D eigenvalue weighted by Crippen LogP contribution is -2.46. The van der Waals surface area contributed by atoms with Gasteiger partial charge < -0.3 is 10.1 Å². The summed E-state index contributed by atoms with van der Waals surface area (Å²) in [7, 11) is 2.00. The zero-order valence-corrected chi connectivity index (χ0v) is 11.6. The molecule has 4 nitrogen and oxygen atoms in total. The van der Waals surface area contributed by atoms with Crippen LogP contribution >= 0.6 is 0 Å². The number of nitrogens with one attached hydrogen (secondary N) is 1. The maximum absolute atomic E-state index is 5.43. The fourth-order valence-electron chi connectivity index (χ4n) is 2.72. The number of benzene rings is 1. The first-order chi connectivity index (χ1) is 9.18. The van der Waals surface area contributed by atoms with Crippen LogP contribution in [0.25, 0.3) is 10.9 Å². The Morgan fingerprint density at radius 1 is 1.32 bits per heavy atom. The lowest BCUT2D eigenvalue weighted by molar-refractivity contribution is 0.0445. The Bertz CT molecular complexity index is 570. The monoisotopic (exact) mass is 259 g/mol. The van der Waals surface area contributed by atoms with Crippen LogP contribution in [0.15, 0.2) is 24.3 Å². The van der Waals surface area contributed by atoms with Crippen molar-refractivity contribution in [3.05, 3.63) is 30.0 Å². The van der Waals surface area contributed by atoms with Gasteiger partial charge in [-0.15, -0.1) is 0 Å². The first-order valence-electron chi connectivity index (χ1n) is 6.91. The molecule has 1 aliphatic heterocycles. The molecule has 0 unspecified atom stereocenters. The van der Waals surface area contributed by atoms with E-state index in [0.29, 0.717) is 0 Å². The van der Waals surface area contributed by atoms with Gasteiger partial charge in [0, 0.05) is 37.7 Å². The lowest BCUT2D eigenvalue weighted by atomic mass is 9.92. The Morgan fingerprint density at radius 2 is 2.05 bits per heavy atom. The second-order valence-corrected chi connectivity index (χ2v) is 5.61. The number of rotatable bonds is 3. The van der Waals surface area contributed by atoms with Gasteiger partial charge in [0.05, 0.1) is 11.2 Å². The molecule has 2 heterocycles. The standard InChI is InChI=1S/C15H21N3O/c1-15(7-9-19-10-8-15)16-11-13-12-5-3-4-6-14(12)18(2)17-13/h3-6,16H,7-11H2,1-2H3. The van der Waals surface area contributed by atoms with Gasteiger partial charge in [-0.1, -0.05) is 18.2 Å². The average Bonchev–Trinajstić information content (AvgIpc) is 2.75. The SMILES string of the molecule is Cn1nc(CNC2(C)CCOCC2)c2ccccc21. The minimum absolute atomic E-state index is 0.177. The molecule has 0 amide bonds. The molecule has 1 saturated heterocycles. The largest absolute Gasteiger partial charge is 0.381 e. The Hall–Kier alpha value is -1.39. The van der Waals surface area contributed by atoms with Crippen molar-refractivity contribution in [1.29, 1.82) is 0 Å². The van der Waals surface area contributed by atoms with Gasteiger partial charge >= 0.3 is 0 Å². The molecule has 0 saturated carbocycles. The lowest BCUT2D eigenvalue weighted by Gasteiger charge is -2.34. The first kappa shape index (κ1) is 12.6. The summed E-state index contributed by atoms with van der Waals surface area (Å²) in [6, 6.07) is 8.39. The van der Waals surface area contributed by atoms with Crippen molar-refractivity contribution in [2.24, 2.45) is 7.05 Å². The predicted molar refractivity (Wildman–Crippen MR) is 76.0 cm³/mol. The van der Waals surface area contributed by atoms with Gasteiger partial charge in [-0.3, -0.25) is 4.68 Å². The maximum Gasteiger partial charge on any atom is 0.0841 e. The molecular formula is C15H21N3O. The summed E-state index contributed by atoms with van der Waals surface area (Å²) in [4.78, 5) is 0. The van der Waals surface area contributed by atoms with Crippen LogP contribution in [0.4, 0.5) is 0 Å². The third-order valence-corrected chi connectivity index (χ3v) is 4.11. The predicted octanol–water partition coefficient (Wildman–Crippen LogP) is 2.23. The smallest absolute Gasteiger partial charge is 0.0841 e. The number of hydrogen-bond acceptors (Lipinski definition) is 3. The van der Waals surface area contributed by atoms with Gasteiger partial charge in [0.1, 0.15) is 0 Å². The summed E-state index contributed by atoms with van der Waals surface area (Å²) >= 11 is 0. The second kappa shape index (κ2) is 4.94. The van der Waals surface area contributed by atoms with Crippen molar-refractivity contribution < 1.29 is 4.74 Å². The van der Waals surface area contributed by atoms with Crippen molar-refractivity contribution in [1.82, 2.24) is 15.1 Å². The zero-order valence-electron chi connectivity index (χ0n) is 11.6. The third-order valence-electron chi connectivity index (χ3n) is 4.11. The highest BCUT2D eigenvalue weighted by Crippen LogP contribution is 2.22. The molecule has 19 heavy (non-hydrogen) atoms. The Labute approximate surface area is 113 Å². The topological polar surface area (TPSA) is 39.1 Å². The number of fused-ring (bicyclic) bond motifs is 1. The quantitative estimate of drug-likeness (QED) is 0.918. The van der Waals surface area contributed by atoms with Crippen LogP contribution in [0.5, 0.6) is 0 Å². The average molecular weight is 259 g/mol. The van der Waals surface area contributed by atoms with Crippen molar-refractivity contribution in [3.63, 3.8) is 0 Å². The molecule has 102 valence electrons. The maximum atomic E-state index is 5.43. The molecule has 1 N–H and O–H groups in total. The first-order valence-corrected chi connectivity index (χ1v) is 6.91. The van der Waals surface area contributed by atoms with Gasteiger partial charge in [0.25, 0.3) is 0 Å². The molecule has 4 heteroatoms. The third kappa shape index (κ3) is 2.51. The van der Waals surface area contributed by atoms with Gasteiger partial charge in [-0.2, -0.15) is 5.10 Å². The van der Waals surface area contributed by atoms with Crippen LogP contribution in [0.1, 0.15) is 25.5 Å². The Morgan fingerprint density at radius 3 is 2.84 bits per heavy atom. The van der Waals surface area contributed by atoms with E-state index in [2.05, 4.69) is 41.6 Å². The molecule has 2 aromatic rings. The minimum atomic E-state index is 0.177. The van der Waals surface area contributed by atoms with E-state index >= 15 is 0 Å². The molecule has 0 atom stereocenters. The van der Waals surface area contributed by atoms with Crippen molar-refractivity contribution in [3.8, 4) is 0 Å². The number of ether oxygens (including phenoxy) is 1. The van der Waals surface area contributed by atoms with E-state index in [0.717, 1.165) is 38.3 Å². The summed E-state index contributed by atoms with van der Waals surface area (Å²) in [5, 5.41) is 9.54. The van der Waals surface area contributed by atoms with E-state index in [1.807, 2.05) is 11.7 Å². The van der Waals surface area contributed by atoms with E-state index in [1.165, 1.54) is 10.9 Å². The molecule has 1 aromatic heterocycles. The van der Waals surface area contributed by atoms with Crippen molar-refractivity contribution in [2.75, 3.05) is 13.2 Å². The summed E-state index contributed by atoms with van der Waals surface area (Å²) in [5.41, 5.74) is 2.50. The van der Waals surface area contributed by atoms with E-state index in [-0.39, 0.29) is 5.54 Å². The Balaban J connectivity index is 1.78. The fraction of sp³-hybridized carbons (Fsp3) is 0.533. The highest BCUT2D eigenvalue weighted by Gasteiger charge is 2.26. The van der Waals surface area contributed by atoms with Gasteiger partial charge in [0.15, 0.2) is 0 Å². The number of aromatic nitrogens is 2. The van der Waals surface area contributed by atoms with Crippen LogP contribution in [0.3, 0.4) is 0 Å². The number of aryl methyl sites for hydroxylation is 1. The number of nitrogens with zero attached hydrogens (tertiary/aromatic N) is 2. The van der Waals surface area contributed by atoms with Crippen molar-refractivity contribution >= 4 is 10.9 Å². The Kier molecular flexibility index (Phi) is 3.29. The molecule has 1 aliphatic rings. The normalized spacial score (nSPS) is 18.8. The summed E-state index contributed by atoms with van der Waals surface area (Å²) in [5.74, 6) is 0. The van der Waals surface area contributed by atoms with Crippen LogP contribution in [-0.2, 0) is 18.3 Å². The van der Waals surface area contributed by atoms with Gasteiger partial charge in [0.2, 0.25) is 0 Å². The van der Waals surface area contributed by atoms with E-state index < -0.39 is 0 Å². The molecule has 1 fully saturated rings. The molecule has 0 bridgehead atoms. The molecule has 0 spiro atoms. The molecule has 1 aromatic carbocycles. The second-order valence-electron chi connectivity index (χ2n) is 5.61. The van der Waals surface area contributed by atoms with Crippen LogP contribution in [-0.4, -0.2) is 28.5 Å². The van der Waals surface area contributed by atoms with Gasteiger partial charge in [-0.05, 0) is 25.8 Å². The summed E-state index contributed by atoms with van der Waals surface area (Å²) in [6.07, 6.45) is 2.13. The van der Waals surface area contributed by atoms with E-state index in [9.17, 15) is 0 Å². The molecular weight excluding hydrogens is 238 g/mol. The van der Waals surface area contributed by atoms with Crippen LogP contribution in [0, 0.1) is 0 Å². The highest BCUT2D eigenvalue weighted by atomic mass is 16.5. The van der Waals surface area contributed by atoms with Gasteiger partial charge in [-0.25, -0.2) is 0 Å². The number of para-hydroxylation sites is 1.